The quantitative estimate of drug-likeness (QED) is 0.0524. The Labute approximate surface area is 436 Å². The molecular formula is C53H71N9O10S2. The number of carbonyl (C=O) groups is 2. The van der Waals surface area contributed by atoms with Gasteiger partial charge in [-0.3, -0.25) is 18.7 Å². The number of pyridine rings is 1. The van der Waals surface area contributed by atoms with Gasteiger partial charge in [0.15, 0.2) is 39.4 Å². The molecule has 6 heterocycles. The Bertz CT molecular complexity index is 2960. The lowest BCUT2D eigenvalue weighted by Gasteiger charge is -2.19. The highest BCUT2D eigenvalue weighted by atomic mass is 32.2. The molecule has 8 atom stereocenters. The molecule has 0 radical (unpaired) electrons. The first-order valence-electron chi connectivity index (χ1n) is 25.0. The fourth-order valence-corrected chi connectivity index (χ4v) is 11.6. The van der Waals surface area contributed by atoms with Crippen molar-refractivity contribution < 1.29 is 47.9 Å². The summed E-state index contributed by atoms with van der Waals surface area (Å²) in [6, 6.07) is 17.9. The molecule has 400 valence electrons. The highest BCUT2D eigenvalue weighted by Crippen LogP contribution is 2.35. The lowest BCUT2D eigenvalue weighted by atomic mass is 9.86. The highest BCUT2D eigenvalue weighted by Gasteiger charge is 2.46. The summed E-state index contributed by atoms with van der Waals surface area (Å²) < 4.78 is 40.2. The van der Waals surface area contributed by atoms with Crippen LogP contribution in [0.5, 0.6) is 0 Å². The molecule has 8 N–H and O–H groups in total. The van der Waals surface area contributed by atoms with Gasteiger partial charge in [0.1, 0.15) is 59.4 Å². The number of carbonyl (C=O) groups excluding carboxylic acids is 2. The van der Waals surface area contributed by atoms with Gasteiger partial charge < -0.3 is 41.4 Å². The van der Waals surface area contributed by atoms with Crippen molar-refractivity contribution in [2.75, 3.05) is 34.5 Å². The molecule has 2 fully saturated rings. The van der Waals surface area contributed by atoms with E-state index < -0.39 is 64.7 Å². The second kappa shape index (κ2) is 24.1. The number of aliphatic hydroxyl groups is 4. The third-order valence-electron chi connectivity index (χ3n) is 13.4. The standard InChI is InChI=1S/C28H38N4O4S.C25H33N5O6S/c1-28(2,3)19-10-8-18(9-11-19)15-20(33)7-5-4-6-14-37-16-22-24(34)25(35)27(36-22)32-17-31-23-21(29)12-13-30-26(23)32;1-25(2,3)16-8-6-15(7-9-16)11-17(31)5-4-10-37(34,35)12-18-20(32)21(33)24(36-18)30-14-29-19-22(26)27-13-28-23(19)30/h8-13,17,22,24-25,27,34-35H,4-7,14-16H2,1-3H3,(H2,29,30);6-9,13-14,18,20-21,24,32-33H,4-5,10-12H2,1-3H3,(H2,26,27,28)/t22-,24-,25-,27-;18-,20-,21-,24-/m11/s1. The van der Waals surface area contributed by atoms with Crippen LogP contribution in [-0.4, -0.2) is 134 Å². The van der Waals surface area contributed by atoms with Gasteiger partial charge in [-0.15, -0.1) is 0 Å². The molecule has 0 saturated carbocycles. The van der Waals surface area contributed by atoms with Crippen LogP contribution in [0.3, 0.4) is 0 Å². The van der Waals surface area contributed by atoms with Crippen LogP contribution in [0.15, 0.2) is 79.8 Å². The second-order valence-electron chi connectivity index (χ2n) is 21.3. The maximum atomic E-state index is 12.7. The van der Waals surface area contributed by atoms with Crippen molar-refractivity contribution in [2.45, 2.75) is 153 Å². The third kappa shape index (κ3) is 14.1. The molecule has 2 aromatic carbocycles. The van der Waals surface area contributed by atoms with Crippen LogP contribution in [0.25, 0.3) is 22.3 Å². The SMILES string of the molecule is CC(C)(C)c1ccc(CC(=O)CCCCCSC[C@H]2O[C@@H](n3cnc4c(N)ccnc43)[C@H](O)[C@@H]2O)cc1.CC(C)(C)c1ccc(CC(=O)CCCS(=O)(=O)C[C@H]2O[C@@H](n3cnc4c(N)ncnc43)[C@H](O)[C@@H]2O)cc1. The number of nitrogens with zero attached hydrogens (tertiary/aromatic N) is 7. The van der Waals surface area contributed by atoms with Crippen molar-refractivity contribution >= 4 is 67.0 Å². The highest BCUT2D eigenvalue weighted by molar-refractivity contribution is 7.99. The summed E-state index contributed by atoms with van der Waals surface area (Å²) in [6.07, 6.45) is 1.75. The summed E-state index contributed by atoms with van der Waals surface area (Å²) >= 11 is 1.68. The molecule has 0 spiro atoms. The number of aromatic nitrogens is 7. The van der Waals surface area contributed by atoms with Gasteiger partial charge >= 0.3 is 0 Å². The zero-order valence-electron chi connectivity index (χ0n) is 42.9. The number of imidazole rings is 2. The Morgan fingerprint density at radius 1 is 0.635 bits per heavy atom. The molecule has 2 aliphatic rings. The number of nitrogens with two attached hydrogens (primary N) is 2. The van der Waals surface area contributed by atoms with Gasteiger partial charge in [0.05, 0.1) is 36.0 Å². The Morgan fingerprint density at radius 2 is 1.15 bits per heavy atom. The monoisotopic (exact) mass is 1060 g/mol. The van der Waals surface area contributed by atoms with Crippen LogP contribution < -0.4 is 11.5 Å². The summed E-state index contributed by atoms with van der Waals surface area (Å²) in [7, 11) is -3.67. The molecule has 0 aliphatic carbocycles. The number of Topliss-reactive ketones (excluding diaryl/α,β-unsaturated/α-hetero) is 2. The Hall–Kier alpha value is -5.39. The maximum Gasteiger partial charge on any atom is 0.167 e. The first-order valence-corrected chi connectivity index (χ1v) is 28.0. The minimum atomic E-state index is -3.67. The number of hydrogen-bond acceptors (Lipinski definition) is 18. The minimum Gasteiger partial charge on any atom is -0.397 e. The van der Waals surface area contributed by atoms with E-state index in [1.807, 2.05) is 24.3 Å². The average Bonchev–Trinajstić information content (AvgIpc) is 4.11. The molecule has 19 nitrogen and oxygen atoms in total. The average molecular weight is 1060 g/mol. The van der Waals surface area contributed by atoms with E-state index in [-0.39, 0.29) is 53.2 Å². The Balaban J connectivity index is 0.000000216. The topological polar surface area (TPSA) is 294 Å². The summed E-state index contributed by atoms with van der Waals surface area (Å²) in [5.74, 6) is 1.14. The van der Waals surface area contributed by atoms with E-state index in [4.69, 9.17) is 20.9 Å². The number of ketones is 2. The molecule has 0 bridgehead atoms. The van der Waals surface area contributed by atoms with Gasteiger partial charge in [-0.2, -0.15) is 11.8 Å². The van der Waals surface area contributed by atoms with E-state index in [0.29, 0.717) is 46.6 Å². The lowest BCUT2D eigenvalue weighted by Crippen LogP contribution is -2.36. The molecule has 74 heavy (non-hydrogen) atoms. The van der Waals surface area contributed by atoms with Crippen molar-refractivity contribution in [3.63, 3.8) is 0 Å². The third-order valence-corrected chi connectivity index (χ3v) is 16.3. The summed E-state index contributed by atoms with van der Waals surface area (Å²) in [5, 5.41) is 42.1. The fraction of sp³-hybridized carbons (Fsp3) is 0.528. The van der Waals surface area contributed by atoms with Crippen molar-refractivity contribution in [3.8, 4) is 0 Å². The van der Waals surface area contributed by atoms with E-state index in [1.54, 1.807) is 28.6 Å². The van der Waals surface area contributed by atoms with E-state index in [9.17, 15) is 38.4 Å². The summed E-state index contributed by atoms with van der Waals surface area (Å²) in [5.41, 5.74) is 18.5. The van der Waals surface area contributed by atoms with Crippen LogP contribution in [0.1, 0.15) is 115 Å². The zero-order valence-corrected chi connectivity index (χ0v) is 44.6. The number of hydrogen-bond donors (Lipinski definition) is 6. The van der Waals surface area contributed by atoms with E-state index in [0.717, 1.165) is 36.1 Å². The van der Waals surface area contributed by atoms with Crippen LogP contribution >= 0.6 is 11.8 Å². The molecule has 8 rings (SSSR count). The van der Waals surface area contributed by atoms with Crippen LogP contribution in [0, 0.1) is 0 Å². The van der Waals surface area contributed by atoms with E-state index in [2.05, 4.69) is 90.7 Å². The number of anilines is 2. The lowest BCUT2D eigenvalue weighted by molar-refractivity contribution is -0.119. The molecular weight excluding hydrogens is 987 g/mol. The summed E-state index contributed by atoms with van der Waals surface area (Å²) in [4.78, 5) is 45.4. The molecule has 0 unspecified atom stereocenters. The maximum absolute atomic E-state index is 12.7. The zero-order chi connectivity index (χ0) is 53.5. The number of nitrogen functional groups attached to an aromatic ring is 2. The predicted octanol–water partition coefficient (Wildman–Crippen LogP) is 5.37. The minimum absolute atomic E-state index is 0.0263. The van der Waals surface area contributed by atoms with Gasteiger partial charge in [-0.1, -0.05) is 96.5 Å². The van der Waals surface area contributed by atoms with Gasteiger partial charge in [0.2, 0.25) is 0 Å². The first kappa shape index (κ1) is 56.3. The largest absolute Gasteiger partial charge is 0.397 e. The number of benzene rings is 2. The Morgan fingerprint density at radius 3 is 1.72 bits per heavy atom. The van der Waals surface area contributed by atoms with Gasteiger partial charge in [-0.05, 0) is 64.2 Å². The number of rotatable bonds is 20. The molecule has 2 aliphatic heterocycles. The van der Waals surface area contributed by atoms with Crippen molar-refractivity contribution in [3.05, 3.63) is 102 Å². The normalized spacial score (nSPS) is 22.3. The van der Waals surface area contributed by atoms with Crippen molar-refractivity contribution in [1.29, 1.82) is 0 Å². The number of fused-ring (bicyclic) bond motifs is 2. The smallest absolute Gasteiger partial charge is 0.167 e. The van der Waals surface area contributed by atoms with E-state index in [1.165, 1.54) is 34.7 Å². The molecule has 0 amide bonds. The molecule has 6 aromatic rings. The second-order valence-corrected chi connectivity index (χ2v) is 24.7. The number of sulfone groups is 1. The first-order chi connectivity index (χ1) is 35.0. The molecule has 4 aromatic heterocycles. The van der Waals surface area contributed by atoms with Gasteiger partial charge in [-0.25, -0.2) is 33.3 Å². The van der Waals surface area contributed by atoms with Gasteiger partial charge in [0, 0.05) is 37.6 Å². The number of ether oxygens (including phenoxy) is 2. The fourth-order valence-electron chi connectivity index (χ4n) is 8.99. The molecule has 2 saturated heterocycles. The number of unbranched alkanes of at least 4 members (excludes halogenated alkanes) is 2. The van der Waals surface area contributed by atoms with Crippen LogP contribution in [-0.2, 0) is 52.6 Å². The number of thioether (sulfide) groups is 1. The van der Waals surface area contributed by atoms with E-state index >= 15 is 0 Å². The molecule has 21 heteroatoms. The Kier molecular flexibility index (Phi) is 18.3. The van der Waals surface area contributed by atoms with Crippen molar-refractivity contribution in [2.24, 2.45) is 0 Å². The summed E-state index contributed by atoms with van der Waals surface area (Å²) in [6.45, 7) is 12.9. The predicted molar refractivity (Wildman–Crippen MR) is 285 cm³/mol. The van der Waals surface area contributed by atoms with Crippen molar-refractivity contribution in [1.82, 2.24) is 34.1 Å². The van der Waals surface area contributed by atoms with Crippen LogP contribution in [0.4, 0.5) is 11.5 Å². The van der Waals surface area contributed by atoms with Crippen LogP contribution in [0.2, 0.25) is 0 Å². The number of aliphatic hydroxyl groups excluding tert-OH is 4. The van der Waals surface area contributed by atoms with Gasteiger partial charge in [0.25, 0.3) is 0 Å².